The molecule has 8 heteroatoms. The molecule has 1 amide bonds. The van der Waals surface area contributed by atoms with Gasteiger partial charge in [-0.25, -0.2) is 4.39 Å². The first-order valence-electron chi connectivity index (χ1n) is 11.8. The van der Waals surface area contributed by atoms with Crippen LogP contribution in [-0.4, -0.2) is 32.0 Å². The zero-order valence-electron chi connectivity index (χ0n) is 19.8. The van der Waals surface area contributed by atoms with Crippen molar-refractivity contribution in [1.29, 1.82) is 0 Å². The third kappa shape index (κ3) is 4.99. The molecule has 1 saturated heterocycles. The standard InChI is InChI=1S/C28H26FN5OS/c1-19-7-13-22(14-8-19)33-17-4-6-24(33)27-26(23-5-2-3-16-30-23)32-28(36)34(27)18-15-25(35)31-21-11-9-20(29)10-12-21/h2-14,16-17,26-27H,15,18H2,1H3,(H,31,35)(H,32,36). The Morgan fingerprint density at radius 2 is 1.83 bits per heavy atom. The molecule has 0 radical (unpaired) electrons. The number of anilines is 1. The van der Waals surface area contributed by atoms with E-state index in [9.17, 15) is 9.18 Å². The van der Waals surface area contributed by atoms with Gasteiger partial charge >= 0.3 is 0 Å². The third-order valence-corrected chi connectivity index (χ3v) is 6.65. The van der Waals surface area contributed by atoms with Gasteiger partial charge in [0.25, 0.3) is 0 Å². The number of pyridine rings is 1. The molecule has 182 valence electrons. The van der Waals surface area contributed by atoms with Crippen molar-refractivity contribution in [3.8, 4) is 5.69 Å². The van der Waals surface area contributed by atoms with Gasteiger partial charge in [0.15, 0.2) is 5.11 Å². The van der Waals surface area contributed by atoms with E-state index in [4.69, 9.17) is 12.2 Å². The second kappa shape index (κ2) is 10.3. The molecule has 6 nitrogen and oxygen atoms in total. The normalized spacial score (nSPS) is 17.2. The highest BCUT2D eigenvalue weighted by Crippen LogP contribution is 2.39. The summed E-state index contributed by atoms with van der Waals surface area (Å²) in [5.41, 5.74) is 4.71. The fourth-order valence-electron chi connectivity index (χ4n) is 4.52. The van der Waals surface area contributed by atoms with Gasteiger partial charge in [0.2, 0.25) is 5.91 Å². The number of carbonyl (C=O) groups is 1. The number of benzene rings is 2. The van der Waals surface area contributed by atoms with Crippen molar-refractivity contribution in [1.82, 2.24) is 19.8 Å². The molecule has 1 aliphatic rings. The molecule has 2 aromatic heterocycles. The molecule has 2 unspecified atom stereocenters. The highest BCUT2D eigenvalue weighted by atomic mass is 32.1. The van der Waals surface area contributed by atoms with Crippen molar-refractivity contribution in [3.63, 3.8) is 0 Å². The molecule has 0 spiro atoms. The molecule has 0 bridgehead atoms. The number of halogens is 1. The quantitative estimate of drug-likeness (QED) is 0.337. The van der Waals surface area contributed by atoms with E-state index in [1.165, 1.54) is 17.7 Å². The molecule has 0 saturated carbocycles. The number of rotatable bonds is 7. The number of aromatic nitrogens is 2. The van der Waals surface area contributed by atoms with Gasteiger partial charge in [0.1, 0.15) is 5.82 Å². The van der Waals surface area contributed by atoms with Gasteiger partial charge in [0.05, 0.1) is 17.8 Å². The summed E-state index contributed by atoms with van der Waals surface area (Å²) in [5, 5.41) is 6.83. The first kappa shape index (κ1) is 23.7. The summed E-state index contributed by atoms with van der Waals surface area (Å²) in [4.78, 5) is 19.4. The summed E-state index contributed by atoms with van der Waals surface area (Å²) in [6.45, 7) is 2.47. The summed E-state index contributed by atoms with van der Waals surface area (Å²) in [7, 11) is 0. The Morgan fingerprint density at radius 1 is 1.06 bits per heavy atom. The van der Waals surface area contributed by atoms with Gasteiger partial charge in [0, 0.05) is 42.4 Å². The zero-order valence-corrected chi connectivity index (χ0v) is 20.6. The van der Waals surface area contributed by atoms with Crippen LogP contribution in [0.4, 0.5) is 10.1 Å². The van der Waals surface area contributed by atoms with E-state index in [2.05, 4.69) is 62.3 Å². The van der Waals surface area contributed by atoms with Crippen molar-refractivity contribution in [3.05, 3.63) is 114 Å². The largest absolute Gasteiger partial charge is 0.352 e. The molecule has 1 aliphatic heterocycles. The summed E-state index contributed by atoms with van der Waals surface area (Å²) in [6.07, 6.45) is 4.03. The molecule has 5 rings (SSSR count). The van der Waals surface area contributed by atoms with Crippen LogP contribution in [0, 0.1) is 12.7 Å². The maximum absolute atomic E-state index is 13.2. The smallest absolute Gasteiger partial charge is 0.226 e. The lowest BCUT2D eigenvalue weighted by molar-refractivity contribution is -0.116. The van der Waals surface area contributed by atoms with Crippen molar-refractivity contribution >= 4 is 28.9 Å². The number of hydrogen-bond donors (Lipinski definition) is 2. The number of thiocarbonyl (C=S) groups is 1. The summed E-state index contributed by atoms with van der Waals surface area (Å²) in [6, 6.07) is 23.7. The Hall–Kier alpha value is -4.04. The number of nitrogens with one attached hydrogen (secondary N) is 2. The van der Waals surface area contributed by atoms with Gasteiger partial charge in [-0.1, -0.05) is 23.8 Å². The lowest BCUT2D eigenvalue weighted by Gasteiger charge is -2.29. The SMILES string of the molecule is Cc1ccc(-n2cccc2C2C(c3ccccn3)NC(=S)N2CCC(=O)Nc2ccc(F)cc2)cc1. The van der Waals surface area contributed by atoms with E-state index >= 15 is 0 Å². The number of carbonyl (C=O) groups excluding carboxylic acids is 1. The van der Waals surface area contributed by atoms with E-state index in [1.807, 2.05) is 30.5 Å². The van der Waals surface area contributed by atoms with Crippen LogP contribution < -0.4 is 10.6 Å². The zero-order chi connectivity index (χ0) is 25.1. The van der Waals surface area contributed by atoms with E-state index < -0.39 is 0 Å². The van der Waals surface area contributed by atoms with Crippen LogP contribution in [0.25, 0.3) is 5.69 Å². The van der Waals surface area contributed by atoms with Crippen molar-refractivity contribution in [2.75, 3.05) is 11.9 Å². The summed E-state index contributed by atoms with van der Waals surface area (Å²) < 4.78 is 15.4. The van der Waals surface area contributed by atoms with Crippen LogP contribution >= 0.6 is 12.2 Å². The average molecular weight is 500 g/mol. The lowest BCUT2D eigenvalue weighted by atomic mass is 10.0. The Morgan fingerprint density at radius 3 is 2.56 bits per heavy atom. The average Bonchev–Trinajstić information content (AvgIpc) is 3.49. The minimum absolute atomic E-state index is 0.168. The Balaban J connectivity index is 1.43. The van der Waals surface area contributed by atoms with Gasteiger partial charge in [-0.3, -0.25) is 9.78 Å². The molecule has 2 N–H and O–H groups in total. The summed E-state index contributed by atoms with van der Waals surface area (Å²) >= 11 is 5.75. The lowest BCUT2D eigenvalue weighted by Crippen LogP contribution is -2.33. The first-order chi connectivity index (χ1) is 17.5. The van der Waals surface area contributed by atoms with E-state index in [-0.39, 0.29) is 30.2 Å². The second-order valence-corrected chi connectivity index (χ2v) is 9.15. The van der Waals surface area contributed by atoms with Gasteiger partial charge in [-0.15, -0.1) is 0 Å². The topological polar surface area (TPSA) is 62.2 Å². The third-order valence-electron chi connectivity index (χ3n) is 6.30. The molecule has 36 heavy (non-hydrogen) atoms. The van der Waals surface area contributed by atoms with Crippen molar-refractivity contribution in [2.45, 2.75) is 25.4 Å². The van der Waals surface area contributed by atoms with Crippen LogP contribution in [0.3, 0.4) is 0 Å². The molecule has 3 heterocycles. The Labute approximate surface area is 214 Å². The van der Waals surface area contributed by atoms with Crippen LogP contribution in [0.5, 0.6) is 0 Å². The monoisotopic (exact) mass is 499 g/mol. The van der Waals surface area contributed by atoms with Crippen molar-refractivity contribution < 1.29 is 9.18 Å². The van der Waals surface area contributed by atoms with Gasteiger partial charge < -0.3 is 20.1 Å². The molecular formula is C28H26FN5OS. The molecular weight excluding hydrogens is 473 g/mol. The van der Waals surface area contributed by atoms with Crippen LogP contribution in [-0.2, 0) is 4.79 Å². The highest BCUT2D eigenvalue weighted by molar-refractivity contribution is 7.80. The van der Waals surface area contributed by atoms with E-state index in [0.717, 1.165) is 17.1 Å². The maximum atomic E-state index is 13.2. The predicted molar refractivity (Wildman–Crippen MR) is 142 cm³/mol. The van der Waals surface area contributed by atoms with Crippen LogP contribution in [0.2, 0.25) is 0 Å². The van der Waals surface area contributed by atoms with Crippen molar-refractivity contribution in [2.24, 2.45) is 0 Å². The molecule has 2 atom stereocenters. The number of amides is 1. The Kier molecular flexibility index (Phi) is 6.77. The van der Waals surface area contributed by atoms with E-state index in [1.54, 1.807) is 18.3 Å². The minimum Gasteiger partial charge on any atom is -0.352 e. The molecule has 0 aliphatic carbocycles. The Bertz CT molecular complexity index is 1350. The number of aryl methyl sites for hydroxylation is 1. The fourth-order valence-corrected chi connectivity index (χ4v) is 4.85. The first-order valence-corrected chi connectivity index (χ1v) is 12.2. The number of hydrogen-bond acceptors (Lipinski definition) is 3. The van der Waals surface area contributed by atoms with Gasteiger partial charge in [-0.05, 0) is 79.8 Å². The van der Waals surface area contributed by atoms with Gasteiger partial charge in [-0.2, -0.15) is 0 Å². The minimum atomic E-state index is -0.346. The fraction of sp³-hybridized carbons (Fsp3) is 0.179. The summed E-state index contributed by atoms with van der Waals surface area (Å²) in [5.74, 6) is -0.514. The number of nitrogens with zero attached hydrogens (tertiary/aromatic N) is 3. The second-order valence-electron chi connectivity index (χ2n) is 8.76. The van der Waals surface area contributed by atoms with Crippen LogP contribution in [0.15, 0.2) is 91.3 Å². The predicted octanol–water partition coefficient (Wildman–Crippen LogP) is 5.32. The molecule has 1 fully saturated rings. The molecule has 4 aromatic rings. The maximum Gasteiger partial charge on any atom is 0.226 e. The molecule has 2 aromatic carbocycles. The highest BCUT2D eigenvalue weighted by Gasteiger charge is 2.41. The van der Waals surface area contributed by atoms with Crippen LogP contribution in [0.1, 0.15) is 35.5 Å². The van der Waals surface area contributed by atoms with E-state index in [0.29, 0.717) is 17.3 Å².